The van der Waals surface area contributed by atoms with Crippen LogP contribution in [0.1, 0.15) is 21.5 Å². The van der Waals surface area contributed by atoms with Gasteiger partial charge in [-0.15, -0.1) is 6.42 Å². The Morgan fingerprint density at radius 2 is 2.00 bits per heavy atom. The zero-order chi connectivity index (χ0) is 19.9. The molecule has 0 saturated carbocycles. The van der Waals surface area contributed by atoms with Crippen molar-refractivity contribution >= 4 is 15.9 Å². The number of nitrogens with one attached hydrogen (secondary N) is 2. The molecule has 142 valence electrons. The number of carbonyl (C=O) groups is 1. The highest BCUT2D eigenvalue weighted by Gasteiger charge is 2.15. The Bertz CT molecular complexity index is 962. The van der Waals surface area contributed by atoms with E-state index >= 15 is 0 Å². The fourth-order valence-corrected chi connectivity index (χ4v) is 3.52. The lowest BCUT2D eigenvalue weighted by atomic mass is 10.1. The van der Waals surface area contributed by atoms with E-state index in [0.717, 1.165) is 16.9 Å². The third-order valence-electron chi connectivity index (χ3n) is 3.89. The Morgan fingerprint density at radius 3 is 2.70 bits per heavy atom. The fourth-order valence-electron chi connectivity index (χ4n) is 2.54. The molecule has 2 N–H and O–H groups in total. The largest absolute Gasteiger partial charge is 0.496 e. The third kappa shape index (κ3) is 5.58. The lowest BCUT2D eigenvalue weighted by molar-refractivity contribution is 0.0954. The van der Waals surface area contributed by atoms with Crippen molar-refractivity contribution < 1.29 is 17.9 Å². The van der Waals surface area contributed by atoms with E-state index in [0.29, 0.717) is 13.0 Å². The Morgan fingerprint density at radius 1 is 1.22 bits per heavy atom. The molecule has 0 radical (unpaired) electrons. The molecule has 0 atom stereocenters. The second-order valence-electron chi connectivity index (χ2n) is 5.88. The quantitative estimate of drug-likeness (QED) is 0.679. The van der Waals surface area contributed by atoms with Gasteiger partial charge < -0.3 is 10.1 Å². The summed E-state index contributed by atoms with van der Waals surface area (Å²) in [7, 11) is -2.14. The molecule has 0 aromatic heterocycles. The molecule has 0 aliphatic rings. The predicted octanol–water partition coefficient (Wildman–Crippen LogP) is 1.89. The van der Waals surface area contributed by atoms with Crippen LogP contribution in [-0.2, 0) is 16.4 Å². The van der Waals surface area contributed by atoms with Crippen LogP contribution in [0.4, 0.5) is 0 Å². The van der Waals surface area contributed by atoms with Crippen LogP contribution in [0, 0.1) is 19.3 Å². The van der Waals surface area contributed by atoms with Gasteiger partial charge in [-0.1, -0.05) is 29.7 Å². The van der Waals surface area contributed by atoms with Crippen LogP contribution in [0.2, 0.25) is 0 Å². The fraction of sp³-hybridized carbons (Fsp3) is 0.250. The number of benzene rings is 2. The van der Waals surface area contributed by atoms with Crippen molar-refractivity contribution in [2.75, 3.05) is 20.2 Å². The number of hydrogen-bond acceptors (Lipinski definition) is 4. The number of methoxy groups -OCH3 is 1. The highest BCUT2D eigenvalue weighted by molar-refractivity contribution is 7.89. The average molecular weight is 386 g/mol. The summed E-state index contributed by atoms with van der Waals surface area (Å²) < 4.78 is 31.8. The van der Waals surface area contributed by atoms with Crippen molar-refractivity contribution in [3.05, 3.63) is 59.2 Å². The minimum absolute atomic E-state index is 0.00856. The van der Waals surface area contributed by atoms with Gasteiger partial charge in [-0.2, -0.15) is 4.72 Å². The Balaban J connectivity index is 2.04. The van der Waals surface area contributed by atoms with Crippen molar-refractivity contribution in [3.8, 4) is 18.1 Å². The Labute approximate surface area is 160 Å². The van der Waals surface area contributed by atoms with Gasteiger partial charge in [-0.3, -0.25) is 4.79 Å². The molecule has 0 unspecified atom stereocenters. The van der Waals surface area contributed by atoms with Gasteiger partial charge in [0.1, 0.15) is 5.75 Å². The molecule has 2 aromatic rings. The smallest absolute Gasteiger partial charge is 0.251 e. The van der Waals surface area contributed by atoms with Crippen molar-refractivity contribution in [3.63, 3.8) is 0 Å². The Kier molecular flexibility index (Phi) is 6.99. The van der Waals surface area contributed by atoms with Crippen molar-refractivity contribution in [2.45, 2.75) is 18.2 Å². The molecule has 0 bridgehead atoms. The van der Waals surface area contributed by atoms with Gasteiger partial charge in [0.25, 0.3) is 5.91 Å². The summed E-state index contributed by atoms with van der Waals surface area (Å²) >= 11 is 0. The molecular formula is C20H22N2O4S. The number of ether oxygens (including phenoxy) is 1. The maximum absolute atomic E-state index is 12.4. The standard InChI is InChI=1S/C20H22N2O4S/c1-4-11-22-27(24,25)18-7-5-6-17(14-18)20(23)21-12-10-16-13-15(2)8-9-19(16)26-3/h1,5-9,13-14,22H,10-12H2,2-3H3,(H,21,23). The molecule has 7 heteroatoms. The van der Waals surface area contributed by atoms with Gasteiger partial charge in [0.2, 0.25) is 10.0 Å². The van der Waals surface area contributed by atoms with Gasteiger partial charge in [0.15, 0.2) is 0 Å². The minimum Gasteiger partial charge on any atom is -0.496 e. The highest BCUT2D eigenvalue weighted by atomic mass is 32.2. The summed E-state index contributed by atoms with van der Waals surface area (Å²) in [5.74, 6) is 2.62. The van der Waals surface area contributed by atoms with E-state index in [-0.39, 0.29) is 22.9 Å². The maximum Gasteiger partial charge on any atom is 0.251 e. The molecule has 0 spiro atoms. The van der Waals surface area contributed by atoms with Crippen LogP contribution in [0.3, 0.4) is 0 Å². The van der Waals surface area contributed by atoms with Gasteiger partial charge >= 0.3 is 0 Å². The number of rotatable bonds is 8. The van der Waals surface area contributed by atoms with E-state index in [1.165, 1.54) is 18.2 Å². The molecule has 6 nitrogen and oxygen atoms in total. The first kappa shape index (κ1) is 20.5. The van der Waals surface area contributed by atoms with E-state index in [4.69, 9.17) is 11.2 Å². The van der Waals surface area contributed by atoms with Crippen LogP contribution in [-0.4, -0.2) is 34.5 Å². The first-order chi connectivity index (χ1) is 12.9. The highest BCUT2D eigenvalue weighted by Crippen LogP contribution is 2.20. The van der Waals surface area contributed by atoms with Crippen molar-refractivity contribution in [1.29, 1.82) is 0 Å². The first-order valence-electron chi connectivity index (χ1n) is 8.32. The van der Waals surface area contributed by atoms with E-state index in [1.54, 1.807) is 13.2 Å². The topological polar surface area (TPSA) is 84.5 Å². The van der Waals surface area contributed by atoms with E-state index in [9.17, 15) is 13.2 Å². The predicted molar refractivity (Wildman–Crippen MR) is 104 cm³/mol. The molecule has 27 heavy (non-hydrogen) atoms. The number of terminal acetylenes is 1. The monoisotopic (exact) mass is 386 g/mol. The summed E-state index contributed by atoms with van der Waals surface area (Å²) in [4.78, 5) is 12.4. The van der Waals surface area contributed by atoms with E-state index in [1.807, 2.05) is 25.1 Å². The summed E-state index contributed by atoms with van der Waals surface area (Å²) in [6, 6.07) is 11.7. The number of sulfonamides is 1. The SMILES string of the molecule is C#CCNS(=O)(=O)c1cccc(C(=O)NCCc2cc(C)ccc2OC)c1. The molecular weight excluding hydrogens is 364 g/mol. The lowest BCUT2D eigenvalue weighted by Gasteiger charge is -2.11. The van der Waals surface area contributed by atoms with Crippen LogP contribution >= 0.6 is 0 Å². The molecule has 1 amide bonds. The molecule has 0 aliphatic carbocycles. The van der Waals surface area contributed by atoms with Gasteiger partial charge in [0.05, 0.1) is 18.6 Å². The van der Waals surface area contributed by atoms with Crippen molar-refractivity contribution in [1.82, 2.24) is 10.0 Å². The number of hydrogen-bond donors (Lipinski definition) is 2. The Hall–Kier alpha value is -2.82. The second kappa shape index (κ2) is 9.21. The number of amides is 1. The summed E-state index contributed by atoms with van der Waals surface area (Å²) in [5.41, 5.74) is 2.36. The van der Waals surface area contributed by atoms with E-state index in [2.05, 4.69) is 16.0 Å². The molecule has 2 rings (SSSR count). The zero-order valence-corrected chi connectivity index (χ0v) is 16.1. The molecule has 0 heterocycles. The van der Waals surface area contributed by atoms with Crippen LogP contribution in [0.15, 0.2) is 47.4 Å². The zero-order valence-electron chi connectivity index (χ0n) is 15.3. The first-order valence-corrected chi connectivity index (χ1v) is 9.80. The normalized spacial score (nSPS) is 10.9. The lowest BCUT2D eigenvalue weighted by Crippen LogP contribution is -2.27. The van der Waals surface area contributed by atoms with Crippen LogP contribution in [0.25, 0.3) is 0 Å². The summed E-state index contributed by atoms with van der Waals surface area (Å²) in [6.07, 6.45) is 5.67. The van der Waals surface area contributed by atoms with Crippen LogP contribution < -0.4 is 14.8 Å². The number of carbonyl (C=O) groups excluding carboxylic acids is 1. The molecule has 0 fully saturated rings. The minimum atomic E-state index is -3.74. The van der Waals surface area contributed by atoms with Gasteiger partial charge in [-0.05, 0) is 43.2 Å². The third-order valence-corrected chi connectivity index (χ3v) is 5.29. The average Bonchev–Trinajstić information content (AvgIpc) is 2.66. The second-order valence-corrected chi connectivity index (χ2v) is 7.64. The van der Waals surface area contributed by atoms with E-state index < -0.39 is 10.0 Å². The maximum atomic E-state index is 12.4. The molecule has 0 saturated heterocycles. The van der Waals surface area contributed by atoms with Gasteiger partial charge in [0, 0.05) is 12.1 Å². The van der Waals surface area contributed by atoms with Crippen molar-refractivity contribution in [2.24, 2.45) is 0 Å². The van der Waals surface area contributed by atoms with Crippen LogP contribution in [0.5, 0.6) is 5.75 Å². The number of aryl methyl sites for hydroxylation is 1. The van der Waals surface area contributed by atoms with Gasteiger partial charge in [-0.25, -0.2) is 8.42 Å². The summed E-state index contributed by atoms with van der Waals surface area (Å²) in [6.45, 7) is 2.27. The molecule has 0 aliphatic heterocycles. The summed E-state index contributed by atoms with van der Waals surface area (Å²) in [5, 5.41) is 2.80. The molecule has 2 aromatic carbocycles.